The van der Waals surface area contributed by atoms with E-state index in [-0.39, 0.29) is 31.9 Å². The molecule has 0 bridgehead atoms. The summed E-state index contributed by atoms with van der Waals surface area (Å²) in [6.07, 6.45) is -0.538. The van der Waals surface area contributed by atoms with Gasteiger partial charge in [-0.05, 0) is 56.9 Å². The van der Waals surface area contributed by atoms with Crippen molar-refractivity contribution in [2.24, 2.45) is 0 Å². The Balaban J connectivity index is 1.89. The van der Waals surface area contributed by atoms with Crippen molar-refractivity contribution >= 4 is 12.0 Å². The first-order valence-electron chi connectivity index (χ1n) is 12.3. The van der Waals surface area contributed by atoms with Gasteiger partial charge in [-0.2, -0.15) is 0 Å². The lowest BCUT2D eigenvalue weighted by Gasteiger charge is -2.36. The van der Waals surface area contributed by atoms with Crippen LogP contribution < -0.4 is 10.1 Å². The summed E-state index contributed by atoms with van der Waals surface area (Å²) in [5.41, 5.74) is -1.18. The molecule has 0 spiro atoms. The fourth-order valence-electron chi connectivity index (χ4n) is 4.34. The number of halogens is 1. The normalized spacial score (nSPS) is 18.4. The van der Waals surface area contributed by atoms with Crippen LogP contribution in [0.15, 0.2) is 54.6 Å². The second-order valence-electron chi connectivity index (χ2n) is 9.99. The first-order chi connectivity index (χ1) is 17.1. The number of nitrogens with zero attached hydrogens (tertiary/aromatic N) is 1. The number of methoxy groups -OCH3 is 1. The van der Waals surface area contributed by atoms with E-state index in [1.165, 1.54) is 0 Å². The van der Waals surface area contributed by atoms with Gasteiger partial charge in [-0.1, -0.05) is 49.4 Å². The number of hydrogen-bond acceptors (Lipinski definition) is 6. The van der Waals surface area contributed by atoms with Crippen molar-refractivity contribution in [1.82, 2.24) is 10.2 Å². The van der Waals surface area contributed by atoms with Crippen LogP contribution in [0.4, 0.5) is 9.18 Å². The zero-order valence-electron chi connectivity index (χ0n) is 21.8. The highest BCUT2D eigenvalue weighted by Crippen LogP contribution is 2.38. The lowest BCUT2D eigenvalue weighted by molar-refractivity contribution is -0.144. The molecule has 0 saturated carbocycles. The smallest absolute Gasteiger partial charge is 0.417 e. The van der Waals surface area contributed by atoms with E-state index in [1.54, 1.807) is 38.3 Å². The van der Waals surface area contributed by atoms with E-state index < -0.39 is 29.6 Å². The molecule has 1 saturated heterocycles. The molecule has 8 heteroatoms. The number of benzene rings is 2. The van der Waals surface area contributed by atoms with Gasteiger partial charge in [0, 0.05) is 12.5 Å². The largest absolute Gasteiger partial charge is 0.497 e. The lowest BCUT2D eigenvalue weighted by atomic mass is 9.80. The minimum atomic E-state index is -2.36. The second-order valence-corrected chi connectivity index (χ2v) is 9.99. The van der Waals surface area contributed by atoms with Gasteiger partial charge in [0.1, 0.15) is 12.4 Å². The minimum absolute atomic E-state index is 0.0319. The number of imide groups is 1. The predicted octanol–water partition coefficient (Wildman–Crippen LogP) is 4.85. The van der Waals surface area contributed by atoms with Crippen molar-refractivity contribution in [1.29, 1.82) is 0 Å². The average Bonchev–Trinajstić information content (AvgIpc) is 3.22. The Kier molecular flexibility index (Phi) is 9.08. The van der Waals surface area contributed by atoms with Crippen LogP contribution >= 0.6 is 0 Å². The van der Waals surface area contributed by atoms with Gasteiger partial charge in [-0.3, -0.25) is 10.1 Å². The third-order valence-corrected chi connectivity index (χ3v) is 6.39. The molecule has 0 radical (unpaired) electrons. The third-order valence-electron chi connectivity index (χ3n) is 6.39. The first-order valence-corrected chi connectivity index (χ1v) is 12.3. The van der Waals surface area contributed by atoms with E-state index in [0.29, 0.717) is 17.7 Å². The third kappa shape index (κ3) is 6.62. The number of nitrogens with one attached hydrogen (secondary N) is 1. The van der Waals surface area contributed by atoms with Crippen LogP contribution in [-0.2, 0) is 20.7 Å². The molecule has 1 aliphatic heterocycles. The van der Waals surface area contributed by atoms with Crippen LogP contribution in [0, 0.1) is 0 Å². The lowest BCUT2D eigenvalue weighted by Crippen LogP contribution is -2.54. The molecule has 0 aliphatic carbocycles. The average molecular weight is 501 g/mol. The molecule has 0 unspecified atom stereocenters. The summed E-state index contributed by atoms with van der Waals surface area (Å²) in [6, 6.07) is 15.9. The Morgan fingerprint density at radius 3 is 2.42 bits per heavy atom. The maximum Gasteiger partial charge on any atom is 0.417 e. The van der Waals surface area contributed by atoms with E-state index in [0.717, 1.165) is 10.5 Å². The Bertz CT molecular complexity index is 1010. The Hall–Kier alpha value is -2.97. The molecule has 1 aliphatic rings. The number of amides is 2. The van der Waals surface area contributed by atoms with Gasteiger partial charge in [0.05, 0.1) is 25.5 Å². The van der Waals surface area contributed by atoms with Crippen LogP contribution in [0.1, 0.15) is 51.2 Å². The van der Waals surface area contributed by atoms with Gasteiger partial charge in [0.25, 0.3) is 5.91 Å². The number of rotatable bonds is 11. The highest BCUT2D eigenvalue weighted by atomic mass is 19.1. The SMILES string of the molecule is CC[C@@](F)(C(=O)N1C(=O)OC[C@H]1Cc1ccccc1)[C@@H](CNCOC(C)(C)C)c1ccc(OC)cc1. The highest BCUT2D eigenvalue weighted by Gasteiger charge is 2.52. The van der Waals surface area contributed by atoms with Gasteiger partial charge in [0.2, 0.25) is 0 Å². The Labute approximate surface area is 212 Å². The van der Waals surface area contributed by atoms with Crippen LogP contribution in [0.3, 0.4) is 0 Å². The summed E-state index contributed by atoms with van der Waals surface area (Å²) in [6.45, 7) is 7.75. The maximum absolute atomic E-state index is 16.9. The van der Waals surface area contributed by atoms with Crippen LogP contribution in [0.25, 0.3) is 0 Å². The predicted molar refractivity (Wildman–Crippen MR) is 136 cm³/mol. The molecule has 196 valence electrons. The standard InChI is InChI=1S/C28H37FN2O5/c1-6-28(29,25(32)31-22(18-35-26(31)33)16-20-10-8-7-9-11-20)24(17-30-19-36-27(2,3)4)21-12-14-23(34-5)15-13-21/h7-15,22,24,30H,6,16-19H2,1-5H3/t22-,24+,28+/m1/s1. The van der Waals surface area contributed by atoms with Gasteiger partial charge in [-0.15, -0.1) is 0 Å². The summed E-state index contributed by atoms with van der Waals surface area (Å²) in [4.78, 5) is 27.4. The van der Waals surface area contributed by atoms with E-state index in [1.807, 2.05) is 51.1 Å². The molecule has 1 heterocycles. The molecule has 3 atom stereocenters. The molecule has 0 aromatic heterocycles. The summed E-state index contributed by atoms with van der Waals surface area (Å²) >= 11 is 0. The van der Waals surface area contributed by atoms with Crippen molar-refractivity contribution in [3.8, 4) is 5.75 Å². The summed E-state index contributed by atoms with van der Waals surface area (Å²) in [5, 5.41) is 3.14. The fourth-order valence-corrected chi connectivity index (χ4v) is 4.34. The Morgan fingerprint density at radius 2 is 1.83 bits per heavy atom. The first kappa shape index (κ1) is 27.6. The van der Waals surface area contributed by atoms with Crippen molar-refractivity contribution in [3.63, 3.8) is 0 Å². The minimum Gasteiger partial charge on any atom is -0.497 e. The Morgan fingerprint density at radius 1 is 1.17 bits per heavy atom. The molecular formula is C28H37FN2O5. The molecule has 1 fully saturated rings. The number of hydrogen-bond donors (Lipinski definition) is 1. The van der Waals surface area contributed by atoms with E-state index >= 15 is 4.39 Å². The molecule has 36 heavy (non-hydrogen) atoms. The second kappa shape index (κ2) is 11.8. The highest BCUT2D eigenvalue weighted by molar-refractivity contribution is 5.99. The summed E-state index contributed by atoms with van der Waals surface area (Å²) in [7, 11) is 1.55. The number of cyclic esters (lactones) is 1. The number of carbonyl (C=O) groups is 2. The van der Waals surface area contributed by atoms with Crippen molar-refractivity contribution in [3.05, 3.63) is 65.7 Å². The van der Waals surface area contributed by atoms with Gasteiger partial charge < -0.3 is 14.2 Å². The number of alkyl halides is 1. The summed E-state index contributed by atoms with van der Waals surface area (Å²) in [5.74, 6) is -1.14. The van der Waals surface area contributed by atoms with Crippen molar-refractivity contribution in [2.45, 2.75) is 63.8 Å². The monoisotopic (exact) mass is 500 g/mol. The molecule has 2 aromatic rings. The molecule has 2 aromatic carbocycles. The quantitative estimate of drug-likeness (QED) is 0.351. The van der Waals surface area contributed by atoms with Crippen LogP contribution in [0.2, 0.25) is 0 Å². The molecule has 7 nitrogen and oxygen atoms in total. The summed E-state index contributed by atoms with van der Waals surface area (Å²) < 4.78 is 33.1. The maximum atomic E-state index is 16.9. The van der Waals surface area contributed by atoms with Crippen LogP contribution in [0.5, 0.6) is 5.75 Å². The van der Waals surface area contributed by atoms with Crippen molar-refractivity contribution < 1.29 is 28.2 Å². The number of ether oxygens (including phenoxy) is 3. The zero-order chi connectivity index (χ0) is 26.3. The molecule has 2 amide bonds. The molecular weight excluding hydrogens is 463 g/mol. The van der Waals surface area contributed by atoms with E-state index in [9.17, 15) is 9.59 Å². The fraction of sp³-hybridized carbons (Fsp3) is 0.500. The van der Waals surface area contributed by atoms with E-state index in [4.69, 9.17) is 14.2 Å². The zero-order valence-corrected chi connectivity index (χ0v) is 21.8. The van der Waals surface area contributed by atoms with Gasteiger partial charge in [0.15, 0.2) is 5.67 Å². The van der Waals surface area contributed by atoms with Crippen molar-refractivity contribution in [2.75, 3.05) is 27.0 Å². The van der Waals surface area contributed by atoms with Gasteiger partial charge >= 0.3 is 6.09 Å². The van der Waals surface area contributed by atoms with E-state index in [2.05, 4.69) is 5.32 Å². The number of carbonyl (C=O) groups excluding carboxylic acids is 2. The molecule has 3 rings (SSSR count). The van der Waals surface area contributed by atoms with Gasteiger partial charge in [-0.25, -0.2) is 14.1 Å². The topological polar surface area (TPSA) is 77.1 Å². The molecule has 1 N–H and O–H groups in total. The van der Waals surface area contributed by atoms with Crippen LogP contribution in [-0.4, -0.2) is 61.2 Å².